The van der Waals surface area contributed by atoms with Gasteiger partial charge in [0, 0.05) is 37.3 Å². The van der Waals surface area contributed by atoms with Gasteiger partial charge >= 0.3 is 6.09 Å². The van der Waals surface area contributed by atoms with E-state index in [0.29, 0.717) is 31.9 Å². The Morgan fingerprint density at radius 2 is 1.70 bits per heavy atom. The van der Waals surface area contributed by atoms with Crippen LogP contribution in [0.5, 0.6) is 5.75 Å². The number of pyridine rings is 1. The van der Waals surface area contributed by atoms with Crippen LogP contribution in [0.25, 0.3) is 11.3 Å². The van der Waals surface area contributed by atoms with E-state index in [9.17, 15) is 9.90 Å². The number of aromatic nitrogens is 1. The van der Waals surface area contributed by atoms with Gasteiger partial charge in [-0.1, -0.05) is 18.2 Å². The number of hydrogen-bond donors (Lipinski definition) is 1. The van der Waals surface area contributed by atoms with Crippen LogP contribution < -0.4 is 9.64 Å². The highest BCUT2D eigenvalue weighted by atomic mass is 16.6. The van der Waals surface area contributed by atoms with Crippen molar-refractivity contribution >= 4 is 11.9 Å². The minimum absolute atomic E-state index is 0.0121. The molecule has 0 radical (unpaired) electrons. The van der Waals surface area contributed by atoms with Crippen LogP contribution in [0.1, 0.15) is 54.0 Å². The molecule has 7 heteroatoms. The number of hydrogen-bond acceptors (Lipinski definition) is 6. The summed E-state index contributed by atoms with van der Waals surface area (Å²) in [6, 6.07) is 11.8. The summed E-state index contributed by atoms with van der Waals surface area (Å²) >= 11 is 0. The third-order valence-electron chi connectivity index (χ3n) is 5.29. The van der Waals surface area contributed by atoms with Gasteiger partial charge in [-0.05, 0) is 66.7 Å². The van der Waals surface area contributed by atoms with E-state index in [1.54, 1.807) is 18.7 Å². The fourth-order valence-corrected chi connectivity index (χ4v) is 3.74. The van der Waals surface area contributed by atoms with E-state index in [4.69, 9.17) is 14.5 Å². The van der Waals surface area contributed by atoms with E-state index in [0.717, 1.165) is 22.6 Å². The molecule has 1 saturated heterocycles. The van der Waals surface area contributed by atoms with Crippen molar-refractivity contribution in [1.29, 1.82) is 0 Å². The van der Waals surface area contributed by atoms with E-state index >= 15 is 0 Å². The first-order valence-corrected chi connectivity index (χ1v) is 11.6. The number of piperazine rings is 1. The average molecular weight is 456 g/mol. The van der Waals surface area contributed by atoms with Crippen LogP contribution in [0.2, 0.25) is 0 Å². The zero-order valence-corrected chi connectivity index (χ0v) is 20.9. The highest BCUT2D eigenvalue weighted by Crippen LogP contribution is 2.34. The third kappa shape index (κ3) is 6.60. The largest absolute Gasteiger partial charge is 0.491 e. The fraction of sp³-hybridized carbons (Fsp3) is 0.538. The first-order chi connectivity index (χ1) is 15.3. The molecule has 2 heterocycles. The number of nitrogens with zero attached hydrogens (tertiary/aromatic N) is 3. The van der Waals surface area contributed by atoms with Gasteiger partial charge in [-0.15, -0.1) is 0 Å². The Morgan fingerprint density at radius 1 is 1.03 bits per heavy atom. The lowest BCUT2D eigenvalue weighted by molar-refractivity contribution is 0.0240. The van der Waals surface area contributed by atoms with E-state index in [2.05, 4.69) is 4.90 Å². The lowest BCUT2D eigenvalue weighted by Gasteiger charge is -2.36. The summed E-state index contributed by atoms with van der Waals surface area (Å²) in [5.74, 6) is 1.53. The Balaban J connectivity index is 1.77. The molecule has 1 aliphatic heterocycles. The van der Waals surface area contributed by atoms with Crippen molar-refractivity contribution in [2.45, 2.75) is 65.8 Å². The number of carbonyl (C=O) groups excluding carboxylic acids is 1. The summed E-state index contributed by atoms with van der Waals surface area (Å²) in [5.41, 5.74) is 0.995. The molecular weight excluding hydrogens is 418 g/mol. The molecule has 1 aromatic heterocycles. The summed E-state index contributed by atoms with van der Waals surface area (Å²) in [5, 5.41) is 10.5. The maximum absolute atomic E-state index is 12.3. The monoisotopic (exact) mass is 455 g/mol. The topological polar surface area (TPSA) is 75.1 Å². The van der Waals surface area contributed by atoms with Crippen molar-refractivity contribution in [3.63, 3.8) is 0 Å². The minimum atomic E-state index is -1.01. The second kappa shape index (κ2) is 9.59. The van der Waals surface area contributed by atoms with Gasteiger partial charge < -0.3 is 24.4 Å². The molecule has 0 unspecified atom stereocenters. The van der Waals surface area contributed by atoms with Gasteiger partial charge in [0.2, 0.25) is 0 Å². The number of benzene rings is 1. The minimum Gasteiger partial charge on any atom is -0.491 e. The number of amides is 1. The van der Waals surface area contributed by atoms with E-state index in [1.165, 1.54) is 0 Å². The maximum Gasteiger partial charge on any atom is 0.410 e. The summed E-state index contributed by atoms with van der Waals surface area (Å²) in [7, 11) is 0. The molecule has 0 saturated carbocycles. The Bertz CT molecular complexity index is 968. The van der Waals surface area contributed by atoms with Crippen LogP contribution in [-0.2, 0) is 10.3 Å². The van der Waals surface area contributed by atoms with Crippen molar-refractivity contribution in [2.24, 2.45) is 0 Å². The molecule has 0 atom stereocenters. The molecule has 0 aliphatic carbocycles. The normalized spacial score (nSPS) is 15.1. The summed E-state index contributed by atoms with van der Waals surface area (Å²) in [6.45, 7) is 15.6. The molecule has 7 nitrogen and oxygen atoms in total. The smallest absolute Gasteiger partial charge is 0.410 e. The molecule has 0 spiro atoms. The van der Waals surface area contributed by atoms with Crippen molar-refractivity contribution < 1.29 is 19.4 Å². The van der Waals surface area contributed by atoms with Crippen LogP contribution in [0.3, 0.4) is 0 Å². The second-order valence-electron chi connectivity index (χ2n) is 10.3. The van der Waals surface area contributed by atoms with Crippen molar-refractivity contribution in [2.75, 3.05) is 31.1 Å². The molecule has 1 aliphatic rings. The Hall–Kier alpha value is -2.80. The summed E-state index contributed by atoms with van der Waals surface area (Å²) in [4.78, 5) is 21.2. The second-order valence-corrected chi connectivity index (χ2v) is 10.3. The van der Waals surface area contributed by atoms with Gasteiger partial charge in [0.05, 0.1) is 17.4 Å². The van der Waals surface area contributed by atoms with Gasteiger partial charge in [0.15, 0.2) is 0 Å². The highest BCUT2D eigenvalue weighted by molar-refractivity contribution is 5.69. The standard InChI is InChI=1S/C26H37N3O4/c1-18(2)32-22-17-19(11-12-20(22)26(6,7)31)21-9-8-10-23(27-21)28-13-15-29(16-14-28)24(30)33-25(3,4)5/h8-12,17-18,31H,13-16H2,1-7H3. The van der Waals surface area contributed by atoms with Crippen molar-refractivity contribution in [3.8, 4) is 17.0 Å². The molecule has 2 aromatic rings. The van der Waals surface area contributed by atoms with Crippen LogP contribution >= 0.6 is 0 Å². The van der Waals surface area contributed by atoms with Gasteiger partial charge in [-0.2, -0.15) is 0 Å². The number of carbonyl (C=O) groups is 1. The van der Waals surface area contributed by atoms with E-state index in [1.807, 2.05) is 71.0 Å². The maximum atomic E-state index is 12.3. The summed E-state index contributed by atoms with van der Waals surface area (Å²) < 4.78 is 11.5. The van der Waals surface area contributed by atoms with Gasteiger partial charge in [0.25, 0.3) is 0 Å². The molecule has 0 bridgehead atoms. The predicted molar refractivity (Wildman–Crippen MR) is 131 cm³/mol. The predicted octanol–water partition coefficient (Wildman–Crippen LogP) is 4.82. The zero-order valence-electron chi connectivity index (χ0n) is 20.9. The Kier molecular flexibility index (Phi) is 7.22. The number of anilines is 1. The van der Waals surface area contributed by atoms with Crippen LogP contribution in [0.15, 0.2) is 36.4 Å². The molecule has 3 rings (SSSR count). The van der Waals surface area contributed by atoms with E-state index < -0.39 is 11.2 Å². The zero-order chi connectivity index (χ0) is 24.4. The fourth-order valence-electron chi connectivity index (χ4n) is 3.74. The molecule has 180 valence electrons. The van der Waals surface area contributed by atoms with Gasteiger partial charge in [-0.25, -0.2) is 9.78 Å². The molecule has 1 amide bonds. The SMILES string of the molecule is CC(C)Oc1cc(-c2cccc(N3CCN(C(=O)OC(C)(C)C)CC3)n2)ccc1C(C)(C)O. The first kappa shape index (κ1) is 24.8. The van der Waals surface area contributed by atoms with Crippen molar-refractivity contribution in [1.82, 2.24) is 9.88 Å². The quantitative estimate of drug-likeness (QED) is 0.697. The van der Waals surface area contributed by atoms with E-state index in [-0.39, 0.29) is 12.2 Å². The molecule has 1 fully saturated rings. The average Bonchev–Trinajstić information content (AvgIpc) is 2.71. The van der Waals surface area contributed by atoms with Gasteiger partial charge in [-0.3, -0.25) is 0 Å². The highest BCUT2D eigenvalue weighted by Gasteiger charge is 2.27. The molecule has 1 N–H and O–H groups in total. The molecular formula is C26H37N3O4. The first-order valence-electron chi connectivity index (χ1n) is 11.6. The number of aliphatic hydroxyl groups is 1. The van der Waals surface area contributed by atoms with Crippen LogP contribution in [-0.4, -0.2) is 59.0 Å². The third-order valence-corrected chi connectivity index (χ3v) is 5.29. The Labute approximate surface area is 197 Å². The lowest BCUT2D eigenvalue weighted by atomic mass is 9.95. The number of ether oxygens (including phenoxy) is 2. The van der Waals surface area contributed by atoms with Crippen molar-refractivity contribution in [3.05, 3.63) is 42.0 Å². The Morgan fingerprint density at radius 3 is 2.27 bits per heavy atom. The summed E-state index contributed by atoms with van der Waals surface area (Å²) in [6.07, 6.45) is -0.282. The number of rotatable bonds is 5. The van der Waals surface area contributed by atoms with Crippen LogP contribution in [0, 0.1) is 0 Å². The molecule has 33 heavy (non-hydrogen) atoms. The molecule has 1 aromatic carbocycles. The van der Waals surface area contributed by atoms with Crippen LogP contribution in [0.4, 0.5) is 10.6 Å². The lowest BCUT2D eigenvalue weighted by Crippen LogP contribution is -2.50. The van der Waals surface area contributed by atoms with Gasteiger partial charge in [0.1, 0.15) is 17.2 Å².